The Morgan fingerprint density at radius 3 is 2.76 bits per heavy atom. The molecule has 21 heavy (non-hydrogen) atoms. The highest BCUT2D eigenvalue weighted by molar-refractivity contribution is 9.10. The first-order chi connectivity index (χ1) is 10.1. The van der Waals surface area contributed by atoms with Crippen LogP contribution in [-0.2, 0) is 6.42 Å². The molecule has 0 radical (unpaired) electrons. The highest BCUT2D eigenvalue weighted by Gasteiger charge is 2.31. The van der Waals surface area contributed by atoms with Crippen LogP contribution in [0.25, 0.3) is 0 Å². The van der Waals surface area contributed by atoms with E-state index in [2.05, 4.69) is 49.3 Å². The van der Waals surface area contributed by atoms with Crippen LogP contribution in [0.2, 0.25) is 0 Å². The fourth-order valence-corrected chi connectivity index (χ4v) is 3.74. The van der Waals surface area contributed by atoms with Crippen LogP contribution in [0.4, 0.5) is 0 Å². The van der Waals surface area contributed by atoms with E-state index in [0.29, 0.717) is 5.56 Å². The molecule has 0 saturated heterocycles. The number of benzene rings is 2. The third kappa shape index (κ3) is 2.92. The van der Waals surface area contributed by atoms with E-state index in [0.717, 1.165) is 16.5 Å². The summed E-state index contributed by atoms with van der Waals surface area (Å²) in [5.74, 6) is -0.0308. The van der Waals surface area contributed by atoms with Gasteiger partial charge < -0.3 is 5.32 Å². The minimum atomic E-state index is -0.0308. The Morgan fingerprint density at radius 1 is 1.24 bits per heavy atom. The smallest absolute Gasteiger partial charge is 0.251 e. The van der Waals surface area contributed by atoms with Gasteiger partial charge >= 0.3 is 0 Å². The molecule has 1 N–H and O–H groups in total. The van der Waals surface area contributed by atoms with Crippen molar-refractivity contribution in [2.24, 2.45) is 0 Å². The van der Waals surface area contributed by atoms with Crippen molar-refractivity contribution in [2.75, 3.05) is 0 Å². The molecule has 0 fully saturated rings. The fourth-order valence-electron chi connectivity index (χ4n) is 2.72. The largest absolute Gasteiger partial charge is 0.344 e. The standard InChI is InChI=1S/C17H15Br2NO/c1-10-8-12(6-7-14(10)18)17(21)20-16-13-5-3-2-4-11(13)9-15(16)19/h2-8,15-16H,9H2,1H3,(H,20,21). The number of hydrogen-bond acceptors (Lipinski definition) is 1. The molecule has 2 atom stereocenters. The topological polar surface area (TPSA) is 29.1 Å². The van der Waals surface area contributed by atoms with Gasteiger partial charge in [-0.05, 0) is 48.2 Å². The quantitative estimate of drug-likeness (QED) is 0.725. The second-order valence-electron chi connectivity index (χ2n) is 5.33. The van der Waals surface area contributed by atoms with Gasteiger partial charge in [0.2, 0.25) is 0 Å². The van der Waals surface area contributed by atoms with Crippen LogP contribution < -0.4 is 5.32 Å². The molecule has 4 heteroatoms. The lowest BCUT2D eigenvalue weighted by Gasteiger charge is -2.18. The maximum absolute atomic E-state index is 12.5. The lowest BCUT2D eigenvalue weighted by atomic mass is 10.1. The van der Waals surface area contributed by atoms with Crippen molar-refractivity contribution < 1.29 is 4.79 Å². The van der Waals surface area contributed by atoms with Crippen molar-refractivity contribution in [3.8, 4) is 0 Å². The summed E-state index contributed by atoms with van der Waals surface area (Å²) in [6, 6.07) is 14.0. The van der Waals surface area contributed by atoms with E-state index in [1.54, 1.807) is 0 Å². The Bertz CT molecular complexity index is 699. The average Bonchev–Trinajstić information content (AvgIpc) is 2.78. The van der Waals surface area contributed by atoms with Crippen LogP contribution in [0.1, 0.15) is 33.1 Å². The van der Waals surface area contributed by atoms with Gasteiger partial charge in [-0.25, -0.2) is 0 Å². The number of nitrogens with one attached hydrogen (secondary N) is 1. The Morgan fingerprint density at radius 2 is 2.00 bits per heavy atom. The van der Waals surface area contributed by atoms with Gasteiger partial charge in [-0.15, -0.1) is 0 Å². The summed E-state index contributed by atoms with van der Waals surface area (Å²) in [6.07, 6.45) is 0.945. The molecule has 0 aliphatic heterocycles. The first-order valence-electron chi connectivity index (χ1n) is 6.85. The number of alkyl halides is 1. The minimum absolute atomic E-state index is 0.0256. The predicted molar refractivity (Wildman–Crippen MR) is 91.9 cm³/mol. The maximum Gasteiger partial charge on any atom is 0.251 e. The van der Waals surface area contributed by atoms with E-state index in [9.17, 15) is 4.79 Å². The molecule has 0 saturated carbocycles. The molecule has 0 heterocycles. The van der Waals surface area contributed by atoms with Gasteiger partial charge in [0, 0.05) is 14.9 Å². The van der Waals surface area contributed by atoms with E-state index >= 15 is 0 Å². The van der Waals surface area contributed by atoms with E-state index in [4.69, 9.17) is 0 Å². The molecule has 0 aromatic heterocycles. The molecule has 2 unspecified atom stereocenters. The zero-order valence-electron chi connectivity index (χ0n) is 11.6. The Kier molecular flexibility index (Phi) is 4.18. The Balaban J connectivity index is 1.83. The number of halogens is 2. The highest BCUT2D eigenvalue weighted by atomic mass is 79.9. The number of hydrogen-bond donors (Lipinski definition) is 1. The SMILES string of the molecule is Cc1cc(C(=O)NC2c3ccccc3CC2Br)ccc1Br. The van der Waals surface area contributed by atoms with Crippen molar-refractivity contribution >= 4 is 37.8 Å². The number of carbonyl (C=O) groups excluding carboxylic acids is 1. The first-order valence-corrected chi connectivity index (χ1v) is 8.56. The van der Waals surface area contributed by atoms with Crippen molar-refractivity contribution in [3.63, 3.8) is 0 Å². The van der Waals surface area contributed by atoms with Crippen LogP contribution in [0.3, 0.4) is 0 Å². The van der Waals surface area contributed by atoms with Crippen molar-refractivity contribution in [1.82, 2.24) is 5.32 Å². The van der Waals surface area contributed by atoms with Crippen LogP contribution in [0.15, 0.2) is 46.9 Å². The van der Waals surface area contributed by atoms with Gasteiger partial charge in [0.1, 0.15) is 0 Å². The molecule has 0 spiro atoms. The summed E-state index contributed by atoms with van der Waals surface area (Å²) < 4.78 is 1.02. The van der Waals surface area contributed by atoms with Gasteiger partial charge in [-0.3, -0.25) is 4.79 Å². The van der Waals surface area contributed by atoms with Crippen LogP contribution in [0, 0.1) is 6.92 Å². The number of amides is 1. The summed E-state index contributed by atoms with van der Waals surface area (Å²) in [7, 11) is 0. The summed E-state index contributed by atoms with van der Waals surface area (Å²) in [6.45, 7) is 1.99. The van der Waals surface area contributed by atoms with E-state index in [1.807, 2.05) is 37.3 Å². The molecule has 2 aromatic carbocycles. The molecule has 3 rings (SSSR count). The zero-order valence-corrected chi connectivity index (χ0v) is 14.7. The summed E-state index contributed by atoms with van der Waals surface area (Å²) >= 11 is 7.15. The summed E-state index contributed by atoms with van der Waals surface area (Å²) in [5.41, 5.74) is 4.27. The van der Waals surface area contributed by atoms with Crippen molar-refractivity contribution in [3.05, 3.63) is 69.2 Å². The van der Waals surface area contributed by atoms with E-state index < -0.39 is 0 Å². The number of fused-ring (bicyclic) bond motifs is 1. The van der Waals surface area contributed by atoms with Crippen LogP contribution in [-0.4, -0.2) is 10.7 Å². The number of rotatable bonds is 2. The normalized spacial score (nSPS) is 20.1. The number of carbonyl (C=O) groups is 1. The molecule has 1 aliphatic rings. The minimum Gasteiger partial charge on any atom is -0.344 e. The first kappa shape index (κ1) is 14.8. The average molecular weight is 409 g/mol. The summed E-state index contributed by atoms with van der Waals surface area (Å²) in [4.78, 5) is 12.7. The van der Waals surface area contributed by atoms with Gasteiger partial charge in [0.25, 0.3) is 5.91 Å². The zero-order chi connectivity index (χ0) is 15.0. The second kappa shape index (κ2) is 5.93. The number of aryl methyl sites for hydroxylation is 1. The fraction of sp³-hybridized carbons (Fsp3) is 0.235. The van der Waals surface area contributed by atoms with Gasteiger partial charge in [0.05, 0.1) is 6.04 Å². The second-order valence-corrected chi connectivity index (χ2v) is 7.36. The van der Waals surface area contributed by atoms with Crippen LogP contribution in [0.5, 0.6) is 0 Å². The molecule has 1 amide bonds. The van der Waals surface area contributed by atoms with Gasteiger partial charge in [-0.2, -0.15) is 0 Å². The highest BCUT2D eigenvalue weighted by Crippen LogP contribution is 2.35. The Labute approximate surface area is 141 Å². The third-order valence-corrected chi connectivity index (χ3v) is 5.62. The van der Waals surface area contributed by atoms with Crippen molar-refractivity contribution in [2.45, 2.75) is 24.2 Å². The molecule has 2 aromatic rings. The van der Waals surface area contributed by atoms with Gasteiger partial charge in [-0.1, -0.05) is 56.1 Å². The molecule has 1 aliphatic carbocycles. The summed E-state index contributed by atoms with van der Waals surface area (Å²) in [5, 5.41) is 3.15. The lowest BCUT2D eigenvalue weighted by Crippen LogP contribution is -2.31. The van der Waals surface area contributed by atoms with E-state index in [1.165, 1.54) is 11.1 Å². The van der Waals surface area contributed by atoms with Crippen molar-refractivity contribution in [1.29, 1.82) is 0 Å². The Hall–Kier alpha value is -1.13. The maximum atomic E-state index is 12.5. The monoisotopic (exact) mass is 407 g/mol. The molecule has 0 bridgehead atoms. The molecule has 2 nitrogen and oxygen atoms in total. The predicted octanol–water partition coefficient (Wildman–Crippen LogP) is 4.55. The third-order valence-electron chi connectivity index (χ3n) is 3.87. The molecular weight excluding hydrogens is 394 g/mol. The van der Waals surface area contributed by atoms with E-state index in [-0.39, 0.29) is 16.8 Å². The lowest BCUT2D eigenvalue weighted by molar-refractivity contribution is 0.0938. The molecule has 108 valence electrons. The van der Waals surface area contributed by atoms with Gasteiger partial charge in [0.15, 0.2) is 0 Å². The molecular formula is C17H15Br2NO. The van der Waals surface area contributed by atoms with Crippen LogP contribution >= 0.6 is 31.9 Å².